The van der Waals surface area contributed by atoms with Gasteiger partial charge in [0.1, 0.15) is 12.7 Å². The van der Waals surface area contributed by atoms with Gasteiger partial charge in [0, 0.05) is 32.0 Å². The third-order valence-electron chi connectivity index (χ3n) is 11.5. The Morgan fingerprint density at radius 1 is 0.290 bits per heavy atom. The molecule has 7 heteroatoms. The first-order chi connectivity index (χ1) is 30.7. The van der Waals surface area contributed by atoms with E-state index in [1.165, 1.54) is 32.0 Å². The number of aromatic nitrogens is 6. The molecule has 0 radical (unpaired) electrons. The molecule has 62 heavy (non-hydrogen) atoms. The first-order valence-electron chi connectivity index (χ1n) is 20.5. The predicted molar refractivity (Wildman–Crippen MR) is 248 cm³/mol. The highest BCUT2D eigenvalue weighted by molar-refractivity contribution is 7.99. The minimum absolute atomic E-state index is 0.633. The lowest BCUT2D eigenvalue weighted by molar-refractivity contribution is 0.703. The summed E-state index contributed by atoms with van der Waals surface area (Å²) in [6.45, 7) is 0. The van der Waals surface area contributed by atoms with Crippen molar-refractivity contribution in [2.75, 3.05) is 0 Å². The van der Waals surface area contributed by atoms with Gasteiger partial charge in [-0.15, -0.1) is 0 Å². The Balaban J connectivity index is 1.05. The van der Waals surface area contributed by atoms with Crippen molar-refractivity contribution in [3.05, 3.63) is 241 Å². The van der Waals surface area contributed by atoms with Crippen LogP contribution in [0.2, 0.25) is 0 Å². The van der Waals surface area contributed by atoms with E-state index >= 15 is 0 Å². The smallest absolute Gasteiger partial charge is 0.163 e. The minimum Gasteiger partial charge on any atom is -0.217 e. The van der Waals surface area contributed by atoms with Crippen LogP contribution in [0, 0.1) is 0 Å². The molecule has 3 heterocycles. The standard InChI is InChI=1S/C55H36N6S/c1-3-15-37(16-4-1)51-56-35-58-53(60-51)43-23-11-19-39(31-43)41-21-13-25-45(33-41)55(47-27-7-9-29-49(47)62-50-30-10-8-28-48(50)55)46-26-14-22-42(34-46)40-20-12-24-44(32-40)54-59-36-57-52(61-54)38-17-5-2-6-18-38/h1-36H. The fraction of sp³-hybridized carbons (Fsp3) is 0.0182. The topological polar surface area (TPSA) is 77.3 Å². The van der Waals surface area contributed by atoms with Gasteiger partial charge < -0.3 is 0 Å². The summed E-state index contributed by atoms with van der Waals surface area (Å²) >= 11 is 1.84. The minimum atomic E-state index is -0.642. The number of hydrogen-bond donors (Lipinski definition) is 0. The summed E-state index contributed by atoms with van der Waals surface area (Å²) in [7, 11) is 0. The molecule has 0 atom stereocenters. The van der Waals surface area contributed by atoms with Crippen molar-refractivity contribution in [2.45, 2.75) is 15.2 Å². The molecule has 11 rings (SSSR count). The van der Waals surface area contributed by atoms with E-state index in [4.69, 9.17) is 9.97 Å². The summed E-state index contributed by atoms with van der Waals surface area (Å²) in [5.74, 6) is 2.56. The summed E-state index contributed by atoms with van der Waals surface area (Å²) in [4.78, 5) is 30.4. The zero-order valence-electron chi connectivity index (χ0n) is 33.4. The van der Waals surface area contributed by atoms with Crippen molar-refractivity contribution in [1.29, 1.82) is 0 Å². The largest absolute Gasteiger partial charge is 0.217 e. The summed E-state index contributed by atoms with van der Waals surface area (Å²) in [5, 5.41) is 0. The van der Waals surface area contributed by atoms with Crippen molar-refractivity contribution >= 4 is 11.8 Å². The molecule has 10 aromatic rings. The fourth-order valence-corrected chi connectivity index (χ4v) is 9.84. The SMILES string of the molecule is c1ccc(-c2ncnc(-c3cccc(-c4cccc(C5(c6cccc(-c7cccc(-c8ncnc(-c9ccccc9)n8)c7)c6)c6ccccc6Sc6ccccc65)c4)c3)n2)cc1. The second-order valence-electron chi connectivity index (χ2n) is 15.2. The molecule has 0 amide bonds. The molecule has 292 valence electrons. The molecule has 2 aromatic heterocycles. The molecule has 0 aliphatic carbocycles. The Morgan fingerprint density at radius 3 is 1.08 bits per heavy atom. The molecule has 0 saturated heterocycles. The monoisotopic (exact) mass is 812 g/mol. The van der Waals surface area contributed by atoms with Crippen molar-refractivity contribution in [3.63, 3.8) is 0 Å². The van der Waals surface area contributed by atoms with Crippen LogP contribution in [0.5, 0.6) is 0 Å². The molecule has 0 unspecified atom stereocenters. The van der Waals surface area contributed by atoms with E-state index in [1.807, 2.05) is 72.4 Å². The number of benzene rings is 8. The predicted octanol–water partition coefficient (Wildman–Crippen LogP) is 12.9. The normalized spacial score (nSPS) is 12.6. The third-order valence-corrected chi connectivity index (χ3v) is 12.7. The quantitative estimate of drug-likeness (QED) is 0.151. The Hall–Kier alpha value is -7.87. The lowest BCUT2D eigenvalue weighted by atomic mass is 9.64. The van der Waals surface area contributed by atoms with Crippen LogP contribution in [0.15, 0.2) is 229 Å². The van der Waals surface area contributed by atoms with Crippen LogP contribution in [0.25, 0.3) is 67.8 Å². The molecule has 0 spiro atoms. The Morgan fingerprint density at radius 2 is 0.629 bits per heavy atom. The van der Waals surface area contributed by atoms with Gasteiger partial charge in [-0.3, -0.25) is 0 Å². The molecular weight excluding hydrogens is 777 g/mol. The zero-order valence-corrected chi connectivity index (χ0v) is 34.2. The maximum absolute atomic E-state index is 4.88. The van der Waals surface area contributed by atoms with Gasteiger partial charge in [0.15, 0.2) is 23.3 Å². The van der Waals surface area contributed by atoms with Crippen LogP contribution in [0.1, 0.15) is 22.3 Å². The van der Waals surface area contributed by atoms with Crippen molar-refractivity contribution in [2.24, 2.45) is 0 Å². The molecule has 0 saturated carbocycles. The Kier molecular flexibility index (Phi) is 9.56. The van der Waals surface area contributed by atoms with Crippen LogP contribution >= 0.6 is 11.8 Å². The van der Waals surface area contributed by atoms with Crippen LogP contribution in [-0.4, -0.2) is 29.9 Å². The van der Waals surface area contributed by atoms with E-state index < -0.39 is 5.41 Å². The maximum Gasteiger partial charge on any atom is 0.163 e. The van der Waals surface area contributed by atoms with Gasteiger partial charge in [-0.05, 0) is 80.9 Å². The Bertz CT molecular complexity index is 3030. The summed E-state index contributed by atoms with van der Waals surface area (Å²) in [5.41, 5.74) is 12.3. The second-order valence-corrected chi connectivity index (χ2v) is 16.2. The Labute approximate surface area is 364 Å². The number of fused-ring (bicyclic) bond motifs is 2. The number of nitrogens with zero attached hydrogens (tertiary/aromatic N) is 6. The first-order valence-corrected chi connectivity index (χ1v) is 21.3. The second kappa shape index (κ2) is 16.0. The van der Waals surface area contributed by atoms with Gasteiger partial charge >= 0.3 is 0 Å². The van der Waals surface area contributed by atoms with Gasteiger partial charge in [0.2, 0.25) is 0 Å². The van der Waals surface area contributed by atoms with Crippen LogP contribution < -0.4 is 0 Å². The van der Waals surface area contributed by atoms with E-state index in [2.05, 4.69) is 166 Å². The zero-order chi connectivity index (χ0) is 41.3. The lowest BCUT2D eigenvalue weighted by Crippen LogP contribution is -2.34. The van der Waals surface area contributed by atoms with Crippen LogP contribution in [-0.2, 0) is 5.41 Å². The highest BCUT2D eigenvalue weighted by atomic mass is 32.2. The highest BCUT2D eigenvalue weighted by Crippen LogP contribution is 2.56. The van der Waals surface area contributed by atoms with Gasteiger partial charge in [0.25, 0.3) is 0 Å². The molecule has 1 aliphatic rings. The van der Waals surface area contributed by atoms with Crippen molar-refractivity contribution in [1.82, 2.24) is 29.9 Å². The van der Waals surface area contributed by atoms with E-state index in [-0.39, 0.29) is 0 Å². The molecule has 0 N–H and O–H groups in total. The molecule has 0 fully saturated rings. The third kappa shape index (κ3) is 6.75. The van der Waals surface area contributed by atoms with Crippen LogP contribution in [0.3, 0.4) is 0 Å². The van der Waals surface area contributed by atoms with E-state index in [0.717, 1.165) is 44.5 Å². The fourth-order valence-electron chi connectivity index (χ4n) is 8.65. The van der Waals surface area contributed by atoms with Crippen molar-refractivity contribution < 1.29 is 0 Å². The molecule has 1 aliphatic heterocycles. The van der Waals surface area contributed by atoms with Gasteiger partial charge in [-0.1, -0.05) is 182 Å². The first kappa shape index (κ1) is 37.2. The molecule has 6 nitrogen and oxygen atoms in total. The number of hydrogen-bond acceptors (Lipinski definition) is 7. The van der Waals surface area contributed by atoms with E-state index in [9.17, 15) is 0 Å². The van der Waals surface area contributed by atoms with Gasteiger partial charge in [-0.2, -0.15) is 0 Å². The molecular formula is C55H36N6S. The van der Waals surface area contributed by atoms with E-state index in [1.54, 1.807) is 12.7 Å². The average molecular weight is 813 g/mol. The summed E-state index contributed by atoms with van der Waals surface area (Å²) in [6.07, 6.45) is 3.19. The molecule has 8 aromatic carbocycles. The highest BCUT2D eigenvalue weighted by Gasteiger charge is 2.44. The lowest BCUT2D eigenvalue weighted by Gasteiger charge is -2.42. The molecule has 0 bridgehead atoms. The average Bonchev–Trinajstić information content (AvgIpc) is 3.36. The maximum atomic E-state index is 4.88. The van der Waals surface area contributed by atoms with Crippen LogP contribution in [0.4, 0.5) is 0 Å². The summed E-state index contributed by atoms with van der Waals surface area (Å²) in [6, 6.07) is 72.8. The van der Waals surface area contributed by atoms with Gasteiger partial charge in [-0.25, -0.2) is 29.9 Å². The van der Waals surface area contributed by atoms with E-state index in [0.29, 0.717) is 23.3 Å². The number of rotatable bonds is 8. The summed E-state index contributed by atoms with van der Waals surface area (Å²) < 4.78 is 0. The van der Waals surface area contributed by atoms with Crippen molar-refractivity contribution in [3.8, 4) is 67.8 Å². The van der Waals surface area contributed by atoms with Gasteiger partial charge in [0.05, 0.1) is 5.41 Å².